The van der Waals surface area contributed by atoms with E-state index in [9.17, 15) is 14.9 Å². The third-order valence-electron chi connectivity index (χ3n) is 3.80. The number of piperazine rings is 1. The Bertz CT molecular complexity index is 573. The number of anilines is 1. The van der Waals surface area contributed by atoms with Gasteiger partial charge >= 0.3 is 0 Å². The number of carbonyl (C=O) groups is 1. The highest BCUT2D eigenvalue weighted by Crippen LogP contribution is 2.27. The first-order valence-corrected chi connectivity index (χ1v) is 6.63. The van der Waals surface area contributed by atoms with Crippen LogP contribution in [0.15, 0.2) is 18.2 Å². The van der Waals surface area contributed by atoms with Crippen molar-refractivity contribution in [3.8, 4) is 0 Å². The largest absolute Gasteiger partial charge is 0.353 e. The summed E-state index contributed by atoms with van der Waals surface area (Å²) in [5, 5.41) is 13.9. The maximum Gasteiger partial charge on any atom is 0.293 e. The van der Waals surface area contributed by atoms with Gasteiger partial charge in [0.05, 0.1) is 10.5 Å². The number of carbonyl (C=O) groups excluding carboxylic acids is 1. The minimum absolute atomic E-state index is 0.0384. The first-order valence-electron chi connectivity index (χ1n) is 6.63. The number of nitrogens with zero attached hydrogens (tertiary/aromatic N) is 2. The van der Waals surface area contributed by atoms with E-state index in [1.807, 2.05) is 18.7 Å². The van der Waals surface area contributed by atoms with Crippen LogP contribution >= 0.6 is 0 Å². The van der Waals surface area contributed by atoms with Crippen LogP contribution in [0.1, 0.15) is 19.4 Å². The van der Waals surface area contributed by atoms with Crippen LogP contribution in [0.25, 0.3) is 0 Å². The quantitative estimate of drug-likeness (QED) is 0.425. The molecule has 0 saturated carbocycles. The topological polar surface area (TPSA) is 114 Å². The maximum absolute atomic E-state index is 11.9. The molecule has 114 valence electrons. The molecule has 8 nitrogen and oxygen atoms in total. The van der Waals surface area contributed by atoms with E-state index >= 15 is 0 Å². The monoisotopic (exact) mass is 293 g/mol. The van der Waals surface area contributed by atoms with E-state index in [0.717, 1.165) is 5.56 Å². The fraction of sp³-hybridized carbons (Fsp3) is 0.462. The van der Waals surface area contributed by atoms with Gasteiger partial charge in [0.1, 0.15) is 5.69 Å². The predicted molar refractivity (Wildman–Crippen MR) is 78.4 cm³/mol. The lowest BCUT2D eigenvalue weighted by Gasteiger charge is -2.41. The van der Waals surface area contributed by atoms with Crippen LogP contribution in [0, 0.1) is 10.1 Å². The van der Waals surface area contributed by atoms with E-state index in [2.05, 4.69) is 10.7 Å². The zero-order valence-corrected chi connectivity index (χ0v) is 12.0. The van der Waals surface area contributed by atoms with Gasteiger partial charge in [0.2, 0.25) is 5.91 Å². The van der Waals surface area contributed by atoms with Crippen molar-refractivity contribution in [3.05, 3.63) is 33.9 Å². The van der Waals surface area contributed by atoms with Gasteiger partial charge in [0, 0.05) is 25.7 Å². The second-order valence-electron chi connectivity index (χ2n) is 5.49. The van der Waals surface area contributed by atoms with Gasteiger partial charge in [0.25, 0.3) is 5.69 Å². The number of rotatable bonds is 4. The summed E-state index contributed by atoms with van der Waals surface area (Å²) in [5.41, 5.74) is 2.63. The van der Waals surface area contributed by atoms with Crippen LogP contribution in [-0.2, 0) is 11.3 Å². The lowest BCUT2D eigenvalue weighted by molar-refractivity contribution is -0.384. The molecule has 4 N–H and O–H groups in total. The van der Waals surface area contributed by atoms with Crippen LogP contribution in [-0.4, -0.2) is 34.4 Å². The second kappa shape index (κ2) is 5.66. The maximum atomic E-state index is 11.9. The Morgan fingerprint density at radius 2 is 2.24 bits per heavy atom. The summed E-state index contributed by atoms with van der Waals surface area (Å²) in [5.74, 6) is 5.23. The van der Waals surface area contributed by atoms with Crippen molar-refractivity contribution in [1.82, 2.24) is 10.2 Å². The highest BCUT2D eigenvalue weighted by atomic mass is 16.6. The second-order valence-corrected chi connectivity index (χ2v) is 5.49. The first kappa shape index (κ1) is 15.2. The van der Waals surface area contributed by atoms with Gasteiger partial charge in [-0.3, -0.25) is 25.7 Å². The van der Waals surface area contributed by atoms with Gasteiger partial charge in [0.15, 0.2) is 0 Å². The number of nitro groups is 1. The third kappa shape index (κ3) is 2.96. The molecule has 1 aromatic rings. The zero-order chi connectivity index (χ0) is 15.6. The summed E-state index contributed by atoms with van der Waals surface area (Å²) >= 11 is 0. The highest BCUT2D eigenvalue weighted by Gasteiger charge is 2.37. The average Bonchev–Trinajstić information content (AvgIpc) is 2.44. The Kier molecular flexibility index (Phi) is 4.10. The van der Waals surface area contributed by atoms with E-state index in [1.165, 1.54) is 6.07 Å². The van der Waals surface area contributed by atoms with Crippen LogP contribution in [0.2, 0.25) is 0 Å². The summed E-state index contributed by atoms with van der Waals surface area (Å²) in [6, 6.07) is 4.83. The summed E-state index contributed by atoms with van der Waals surface area (Å²) in [6.07, 6.45) is 0. The summed E-state index contributed by atoms with van der Waals surface area (Å²) in [4.78, 5) is 24.5. The first-order chi connectivity index (χ1) is 9.86. The van der Waals surface area contributed by atoms with E-state index in [4.69, 9.17) is 5.84 Å². The molecule has 1 heterocycles. The van der Waals surface area contributed by atoms with E-state index < -0.39 is 10.5 Å². The Morgan fingerprint density at radius 3 is 2.86 bits per heavy atom. The molecule has 0 aromatic heterocycles. The van der Waals surface area contributed by atoms with Crippen molar-refractivity contribution in [3.63, 3.8) is 0 Å². The molecule has 1 aromatic carbocycles. The van der Waals surface area contributed by atoms with E-state index in [1.54, 1.807) is 12.1 Å². The van der Waals surface area contributed by atoms with Crippen molar-refractivity contribution in [1.29, 1.82) is 0 Å². The molecule has 0 bridgehead atoms. The zero-order valence-electron chi connectivity index (χ0n) is 12.0. The molecular formula is C13H19N5O3. The third-order valence-corrected chi connectivity index (χ3v) is 3.80. The fourth-order valence-electron chi connectivity index (χ4n) is 2.39. The molecule has 1 saturated heterocycles. The Balaban J connectivity index is 2.25. The van der Waals surface area contributed by atoms with Crippen LogP contribution in [0.4, 0.5) is 11.4 Å². The number of nitrogen functional groups attached to an aromatic ring is 1. The highest BCUT2D eigenvalue weighted by molar-refractivity contribution is 5.86. The Hall–Kier alpha value is -2.19. The predicted octanol–water partition coefficient (Wildman–Crippen LogP) is 0.591. The van der Waals surface area contributed by atoms with Crippen LogP contribution in [0.3, 0.4) is 0 Å². The smallest absolute Gasteiger partial charge is 0.293 e. The lowest BCUT2D eigenvalue weighted by Crippen LogP contribution is -2.61. The van der Waals surface area contributed by atoms with E-state index in [-0.39, 0.29) is 17.3 Å². The van der Waals surface area contributed by atoms with Crippen molar-refractivity contribution in [2.45, 2.75) is 25.9 Å². The minimum atomic E-state index is -0.641. The van der Waals surface area contributed by atoms with Crippen molar-refractivity contribution in [2.75, 3.05) is 18.5 Å². The number of hydrogen-bond donors (Lipinski definition) is 3. The van der Waals surface area contributed by atoms with Crippen LogP contribution in [0.5, 0.6) is 0 Å². The van der Waals surface area contributed by atoms with Gasteiger partial charge in [-0.25, -0.2) is 0 Å². The fourth-order valence-corrected chi connectivity index (χ4v) is 2.39. The number of nitrogens with two attached hydrogens (primary N) is 1. The molecular weight excluding hydrogens is 274 g/mol. The number of hydrogen-bond acceptors (Lipinski definition) is 6. The molecule has 1 aliphatic heterocycles. The molecule has 8 heteroatoms. The molecule has 0 atom stereocenters. The Labute approximate surface area is 122 Å². The van der Waals surface area contributed by atoms with Gasteiger partial charge in [-0.05, 0) is 25.5 Å². The number of nitrogens with one attached hydrogen (secondary N) is 2. The normalized spacial score (nSPS) is 18.1. The number of amides is 1. The van der Waals surface area contributed by atoms with Crippen molar-refractivity contribution in [2.24, 2.45) is 5.84 Å². The molecule has 0 radical (unpaired) electrons. The molecule has 1 amide bonds. The number of nitro benzene ring substituents is 1. The Morgan fingerprint density at radius 1 is 1.52 bits per heavy atom. The lowest BCUT2D eigenvalue weighted by atomic mass is 9.98. The van der Waals surface area contributed by atoms with Crippen molar-refractivity contribution >= 4 is 17.3 Å². The van der Waals surface area contributed by atoms with Crippen molar-refractivity contribution < 1.29 is 9.72 Å². The standard InChI is InChI=1S/C13H19N5O3/c1-13(2)12(19)15-5-6-17(13)8-9-3-4-10(16-14)11(7-9)18(20)21/h3-4,7,16H,5-6,8,14H2,1-2H3,(H,15,19). The van der Waals surface area contributed by atoms with Crippen LogP contribution < -0.4 is 16.6 Å². The van der Waals surface area contributed by atoms with Gasteiger partial charge in [-0.1, -0.05) is 6.07 Å². The molecule has 0 aliphatic carbocycles. The number of benzene rings is 1. The van der Waals surface area contributed by atoms with Gasteiger partial charge < -0.3 is 10.7 Å². The minimum Gasteiger partial charge on any atom is -0.353 e. The molecule has 0 spiro atoms. The molecule has 0 unspecified atom stereocenters. The van der Waals surface area contributed by atoms with E-state index in [0.29, 0.717) is 19.6 Å². The molecule has 2 rings (SSSR count). The summed E-state index contributed by atoms with van der Waals surface area (Å²) in [6.45, 7) is 5.42. The summed E-state index contributed by atoms with van der Waals surface area (Å²) < 4.78 is 0. The number of hydrazine groups is 1. The molecule has 21 heavy (non-hydrogen) atoms. The molecule has 1 aliphatic rings. The molecule has 1 fully saturated rings. The van der Waals surface area contributed by atoms with Gasteiger partial charge in [-0.2, -0.15) is 0 Å². The summed E-state index contributed by atoms with van der Waals surface area (Å²) in [7, 11) is 0. The average molecular weight is 293 g/mol. The SMILES string of the molecule is CC1(C)C(=O)NCCN1Cc1ccc(NN)c([N+](=O)[O-])c1. The van der Waals surface area contributed by atoms with Gasteiger partial charge in [-0.15, -0.1) is 0 Å².